The molecule has 1 heterocycles. The first kappa shape index (κ1) is 18.6. The van der Waals surface area contributed by atoms with Crippen molar-refractivity contribution in [1.82, 2.24) is 10.2 Å². The molecule has 136 valence electrons. The Morgan fingerprint density at radius 1 is 1.36 bits per heavy atom. The molecule has 1 aliphatic heterocycles. The summed E-state index contributed by atoms with van der Waals surface area (Å²) in [4.78, 5) is 36.9. The zero-order chi connectivity index (χ0) is 18.4. The molecule has 0 radical (unpaired) electrons. The van der Waals surface area contributed by atoms with E-state index >= 15 is 0 Å². The fourth-order valence-corrected chi connectivity index (χ4v) is 2.60. The lowest BCUT2D eigenvalue weighted by Gasteiger charge is -2.18. The zero-order valence-corrected chi connectivity index (χ0v) is 14.5. The summed E-state index contributed by atoms with van der Waals surface area (Å²) in [5.41, 5.74) is 5.93. The molecule has 8 nitrogen and oxygen atoms in total. The number of benzene rings is 1. The molecule has 0 aliphatic carbocycles. The van der Waals surface area contributed by atoms with E-state index in [-0.39, 0.29) is 23.3 Å². The van der Waals surface area contributed by atoms with E-state index in [0.29, 0.717) is 25.2 Å². The van der Waals surface area contributed by atoms with E-state index in [1.54, 1.807) is 23.1 Å². The highest BCUT2D eigenvalue weighted by molar-refractivity contribution is 6.00. The van der Waals surface area contributed by atoms with Crippen LogP contribution in [-0.2, 0) is 4.79 Å². The number of likely N-dealkylation sites (tertiary alicyclic amines) is 1. The van der Waals surface area contributed by atoms with E-state index in [1.165, 1.54) is 0 Å². The SMILES string of the molecule is CC(C)Oc1c(NC(=O)NCCN2CCCC2=O)cccc1C(N)=O. The molecule has 0 bridgehead atoms. The van der Waals surface area contributed by atoms with E-state index < -0.39 is 11.9 Å². The maximum absolute atomic E-state index is 12.1. The molecule has 8 heteroatoms. The van der Waals surface area contributed by atoms with E-state index in [0.717, 1.165) is 13.0 Å². The molecule has 4 N–H and O–H groups in total. The summed E-state index contributed by atoms with van der Waals surface area (Å²) in [7, 11) is 0. The summed E-state index contributed by atoms with van der Waals surface area (Å²) in [6.45, 7) is 5.18. The van der Waals surface area contributed by atoms with Crippen LogP contribution in [0.3, 0.4) is 0 Å². The maximum atomic E-state index is 12.1. The number of primary amides is 1. The van der Waals surface area contributed by atoms with Crippen LogP contribution in [0, 0.1) is 0 Å². The Labute approximate surface area is 146 Å². The first-order chi connectivity index (χ1) is 11.9. The molecule has 1 aliphatic rings. The lowest BCUT2D eigenvalue weighted by molar-refractivity contribution is -0.127. The second kappa shape index (κ2) is 8.36. The van der Waals surface area contributed by atoms with Crippen molar-refractivity contribution in [3.8, 4) is 5.75 Å². The lowest BCUT2D eigenvalue weighted by Crippen LogP contribution is -2.37. The van der Waals surface area contributed by atoms with Crippen molar-refractivity contribution in [2.45, 2.75) is 32.8 Å². The van der Waals surface area contributed by atoms with Crippen LogP contribution >= 0.6 is 0 Å². The van der Waals surface area contributed by atoms with Crippen LogP contribution in [0.2, 0.25) is 0 Å². The van der Waals surface area contributed by atoms with Crippen molar-refractivity contribution >= 4 is 23.5 Å². The molecule has 4 amide bonds. The van der Waals surface area contributed by atoms with Gasteiger partial charge in [0, 0.05) is 26.1 Å². The average molecular weight is 348 g/mol. The Morgan fingerprint density at radius 2 is 2.12 bits per heavy atom. The van der Waals surface area contributed by atoms with Gasteiger partial charge < -0.3 is 26.0 Å². The molecule has 1 aromatic rings. The maximum Gasteiger partial charge on any atom is 0.319 e. The van der Waals surface area contributed by atoms with Gasteiger partial charge in [-0.2, -0.15) is 0 Å². The molecule has 0 spiro atoms. The number of carbonyl (C=O) groups is 3. The standard InChI is InChI=1S/C17H24N4O4/c1-11(2)25-15-12(16(18)23)5-3-6-13(15)20-17(24)19-8-10-21-9-4-7-14(21)22/h3,5-6,11H,4,7-10H2,1-2H3,(H2,18,23)(H2,19,20,24). The molecule has 0 aromatic heterocycles. The van der Waals surface area contributed by atoms with Crippen molar-refractivity contribution in [1.29, 1.82) is 0 Å². The van der Waals surface area contributed by atoms with Gasteiger partial charge in [0.2, 0.25) is 5.91 Å². The van der Waals surface area contributed by atoms with Crippen molar-refractivity contribution < 1.29 is 19.1 Å². The van der Waals surface area contributed by atoms with Gasteiger partial charge in [0.25, 0.3) is 5.91 Å². The largest absolute Gasteiger partial charge is 0.488 e. The lowest BCUT2D eigenvalue weighted by atomic mass is 10.1. The van der Waals surface area contributed by atoms with Crippen LogP contribution in [0.1, 0.15) is 37.0 Å². The first-order valence-corrected chi connectivity index (χ1v) is 8.30. The van der Waals surface area contributed by atoms with Crippen LogP contribution < -0.4 is 21.1 Å². The van der Waals surface area contributed by atoms with Crippen LogP contribution in [-0.4, -0.2) is 48.5 Å². The monoisotopic (exact) mass is 348 g/mol. The third kappa shape index (κ3) is 5.10. The Morgan fingerprint density at radius 3 is 2.72 bits per heavy atom. The minimum Gasteiger partial charge on any atom is -0.488 e. The van der Waals surface area contributed by atoms with Gasteiger partial charge in [0.1, 0.15) is 0 Å². The van der Waals surface area contributed by atoms with Gasteiger partial charge in [-0.25, -0.2) is 4.79 Å². The highest BCUT2D eigenvalue weighted by Crippen LogP contribution is 2.29. The van der Waals surface area contributed by atoms with Crippen LogP contribution in [0.25, 0.3) is 0 Å². The van der Waals surface area contributed by atoms with Gasteiger partial charge in [-0.3, -0.25) is 9.59 Å². The fraction of sp³-hybridized carbons (Fsp3) is 0.471. The smallest absolute Gasteiger partial charge is 0.319 e. The molecule has 0 saturated carbocycles. The summed E-state index contributed by atoms with van der Waals surface area (Å²) in [6, 6.07) is 4.35. The number of hydrogen-bond acceptors (Lipinski definition) is 4. The predicted molar refractivity (Wildman–Crippen MR) is 93.6 cm³/mol. The average Bonchev–Trinajstić information content (AvgIpc) is 2.93. The number of urea groups is 1. The summed E-state index contributed by atoms with van der Waals surface area (Å²) < 4.78 is 5.64. The second-order valence-corrected chi connectivity index (χ2v) is 6.08. The molecular weight excluding hydrogens is 324 g/mol. The summed E-state index contributed by atoms with van der Waals surface area (Å²) >= 11 is 0. The number of carbonyl (C=O) groups excluding carboxylic acids is 3. The normalized spacial score (nSPS) is 13.9. The van der Waals surface area contributed by atoms with Gasteiger partial charge in [-0.1, -0.05) is 6.07 Å². The number of amides is 4. The highest BCUT2D eigenvalue weighted by atomic mass is 16.5. The molecule has 1 saturated heterocycles. The number of nitrogens with two attached hydrogens (primary N) is 1. The van der Waals surface area contributed by atoms with E-state index in [2.05, 4.69) is 10.6 Å². The topological polar surface area (TPSA) is 114 Å². The Balaban J connectivity index is 1.98. The summed E-state index contributed by atoms with van der Waals surface area (Å²) in [6.07, 6.45) is 1.24. The minimum absolute atomic E-state index is 0.115. The summed E-state index contributed by atoms with van der Waals surface area (Å²) in [5.74, 6) is -0.272. The van der Waals surface area contributed by atoms with E-state index in [9.17, 15) is 14.4 Å². The number of para-hydroxylation sites is 1. The van der Waals surface area contributed by atoms with Gasteiger partial charge >= 0.3 is 6.03 Å². The van der Waals surface area contributed by atoms with Crippen LogP contribution in [0.5, 0.6) is 5.75 Å². The Bertz CT molecular complexity index is 660. The van der Waals surface area contributed by atoms with Crippen molar-refractivity contribution in [2.24, 2.45) is 5.73 Å². The third-order valence-electron chi connectivity index (χ3n) is 3.72. The summed E-state index contributed by atoms with van der Waals surface area (Å²) in [5, 5.41) is 5.35. The van der Waals surface area contributed by atoms with E-state index in [1.807, 2.05) is 13.8 Å². The van der Waals surface area contributed by atoms with Crippen molar-refractivity contribution in [3.63, 3.8) is 0 Å². The number of rotatable bonds is 7. The van der Waals surface area contributed by atoms with Gasteiger partial charge in [0.05, 0.1) is 17.4 Å². The zero-order valence-electron chi connectivity index (χ0n) is 14.5. The van der Waals surface area contributed by atoms with Crippen LogP contribution in [0.4, 0.5) is 10.5 Å². The number of anilines is 1. The van der Waals surface area contributed by atoms with Crippen molar-refractivity contribution in [3.05, 3.63) is 23.8 Å². The third-order valence-corrected chi connectivity index (χ3v) is 3.72. The highest BCUT2D eigenvalue weighted by Gasteiger charge is 2.20. The Kier molecular flexibility index (Phi) is 6.21. The number of nitrogens with one attached hydrogen (secondary N) is 2. The second-order valence-electron chi connectivity index (χ2n) is 6.08. The quantitative estimate of drug-likeness (QED) is 0.689. The first-order valence-electron chi connectivity index (χ1n) is 8.30. The number of nitrogens with zero attached hydrogens (tertiary/aromatic N) is 1. The minimum atomic E-state index is -0.632. The number of ether oxygens (including phenoxy) is 1. The number of hydrogen-bond donors (Lipinski definition) is 3. The fourth-order valence-electron chi connectivity index (χ4n) is 2.60. The Hall–Kier alpha value is -2.77. The van der Waals surface area contributed by atoms with Crippen molar-refractivity contribution in [2.75, 3.05) is 25.0 Å². The predicted octanol–water partition coefficient (Wildman–Crippen LogP) is 1.32. The van der Waals surface area contributed by atoms with Gasteiger partial charge in [-0.05, 0) is 32.4 Å². The van der Waals surface area contributed by atoms with Gasteiger partial charge in [0.15, 0.2) is 5.75 Å². The molecular formula is C17H24N4O4. The molecule has 25 heavy (non-hydrogen) atoms. The molecule has 1 aromatic carbocycles. The molecule has 0 atom stereocenters. The molecule has 0 unspecified atom stereocenters. The molecule has 2 rings (SSSR count). The van der Waals surface area contributed by atoms with Gasteiger partial charge in [-0.15, -0.1) is 0 Å². The van der Waals surface area contributed by atoms with E-state index in [4.69, 9.17) is 10.5 Å². The van der Waals surface area contributed by atoms with Crippen LogP contribution in [0.15, 0.2) is 18.2 Å². The molecule has 1 fully saturated rings.